The van der Waals surface area contributed by atoms with E-state index in [2.05, 4.69) is 21.3 Å². The summed E-state index contributed by atoms with van der Waals surface area (Å²) in [5.41, 5.74) is 0. The molecular formula is C22H44N4O3. The molecule has 5 atom stereocenters. The Bertz CT molecular complexity index is 444. The Kier molecular flexibility index (Phi) is 10.1. The lowest BCUT2D eigenvalue weighted by Crippen LogP contribution is -2.65. The van der Waals surface area contributed by atoms with Gasteiger partial charge >= 0.3 is 0 Å². The number of hydrogen-bond donors (Lipinski definition) is 6. The molecule has 0 aromatic rings. The second-order valence-corrected chi connectivity index (χ2v) is 9.27. The molecule has 1 heterocycles. The van der Waals surface area contributed by atoms with E-state index in [9.17, 15) is 10.2 Å². The van der Waals surface area contributed by atoms with Gasteiger partial charge in [-0.05, 0) is 51.0 Å². The zero-order valence-electron chi connectivity index (χ0n) is 18.2. The SMILES string of the molecule is CCOC(O)C(CC1CCCCC1)NC(O)NC1CCNC(C2CCCCC2)N1. The van der Waals surface area contributed by atoms with Gasteiger partial charge in [0.2, 0.25) is 0 Å². The third-order valence-corrected chi connectivity index (χ3v) is 7.02. The summed E-state index contributed by atoms with van der Waals surface area (Å²) in [6.07, 6.45) is 13.2. The van der Waals surface area contributed by atoms with Crippen LogP contribution >= 0.6 is 0 Å². The molecule has 29 heavy (non-hydrogen) atoms. The van der Waals surface area contributed by atoms with E-state index in [1.165, 1.54) is 64.2 Å². The van der Waals surface area contributed by atoms with Crippen LogP contribution in [-0.4, -0.2) is 54.4 Å². The van der Waals surface area contributed by atoms with Crippen LogP contribution in [0.15, 0.2) is 0 Å². The first kappa shape index (κ1) is 23.4. The lowest BCUT2D eigenvalue weighted by atomic mass is 9.84. The Morgan fingerprint density at radius 2 is 1.66 bits per heavy atom. The number of ether oxygens (including phenoxy) is 1. The van der Waals surface area contributed by atoms with Crippen molar-refractivity contribution in [1.82, 2.24) is 21.3 Å². The smallest absolute Gasteiger partial charge is 0.170 e. The molecule has 3 aliphatic rings. The van der Waals surface area contributed by atoms with Crippen molar-refractivity contribution < 1.29 is 14.9 Å². The van der Waals surface area contributed by atoms with Crippen molar-refractivity contribution in [2.75, 3.05) is 13.2 Å². The van der Waals surface area contributed by atoms with E-state index in [0.29, 0.717) is 24.6 Å². The van der Waals surface area contributed by atoms with Crippen molar-refractivity contribution in [1.29, 1.82) is 0 Å². The standard InChI is InChI=1S/C22H44N4O3/c1-2-29-21(27)18(15-16-9-5-3-6-10-16)24-22(28)26-19-13-14-23-20(25-19)17-11-7-4-8-12-17/h16-28H,2-15H2,1H3. The highest BCUT2D eigenvalue weighted by molar-refractivity contribution is 4.85. The maximum absolute atomic E-state index is 10.7. The van der Waals surface area contributed by atoms with Gasteiger partial charge in [0.25, 0.3) is 0 Å². The first-order chi connectivity index (χ1) is 14.2. The molecule has 1 saturated heterocycles. The zero-order chi connectivity index (χ0) is 20.5. The number of aliphatic hydroxyl groups is 2. The third-order valence-electron chi connectivity index (χ3n) is 7.02. The van der Waals surface area contributed by atoms with Crippen LogP contribution in [0, 0.1) is 11.8 Å². The lowest BCUT2D eigenvalue weighted by Gasteiger charge is -2.40. The van der Waals surface area contributed by atoms with Gasteiger partial charge in [-0.25, -0.2) is 0 Å². The number of aliphatic hydroxyl groups excluding tert-OH is 2. The van der Waals surface area contributed by atoms with Crippen LogP contribution in [-0.2, 0) is 4.74 Å². The summed E-state index contributed by atoms with van der Waals surface area (Å²) in [6.45, 7) is 3.30. The highest BCUT2D eigenvalue weighted by Gasteiger charge is 2.31. The number of rotatable bonds is 10. The summed E-state index contributed by atoms with van der Waals surface area (Å²) in [4.78, 5) is 0. The maximum Gasteiger partial charge on any atom is 0.170 e. The highest BCUT2D eigenvalue weighted by atomic mass is 16.6. The van der Waals surface area contributed by atoms with E-state index in [4.69, 9.17) is 4.74 Å². The van der Waals surface area contributed by atoms with Crippen LogP contribution in [0.3, 0.4) is 0 Å². The molecule has 0 aromatic carbocycles. The first-order valence-electron chi connectivity index (χ1n) is 12.1. The predicted octanol–water partition coefficient (Wildman–Crippen LogP) is 1.95. The maximum atomic E-state index is 10.7. The van der Waals surface area contributed by atoms with Gasteiger partial charge in [0.1, 0.15) is 0 Å². The Morgan fingerprint density at radius 1 is 0.966 bits per heavy atom. The molecule has 170 valence electrons. The van der Waals surface area contributed by atoms with Crippen LogP contribution in [0.25, 0.3) is 0 Å². The molecule has 0 radical (unpaired) electrons. The summed E-state index contributed by atoms with van der Waals surface area (Å²) in [6, 6.07) is -0.267. The quantitative estimate of drug-likeness (QED) is 0.305. The third kappa shape index (κ3) is 7.73. The molecule has 0 spiro atoms. The van der Waals surface area contributed by atoms with Crippen molar-refractivity contribution in [3.05, 3.63) is 0 Å². The lowest BCUT2D eigenvalue weighted by molar-refractivity contribution is -0.130. The van der Waals surface area contributed by atoms with E-state index in [1.54, 1.807) is 0 Å². The monoisotopic (exact) mass is 412 g/mol. The molecule has 3 rings (SSSR count). The van der Waals surface area contributed by atoms with Crippen molar-refractivity contribution in [3.8, 4) is 0 Å². The second-order valence-electron chi connectivity index (χ2n) is 9.27. The van der Waals surface area contributed by atoms with Gasteiger partial charge in [-0.3, -0.25) is 16.0 Å². The van der Waals surface area contributed by atoms with Crippen molar-refractivity contribution in [2.24, 2.45) is 11.8 Å². The van der Waals surface area contributed by atoms with E-state index in [1.807, 2.05) is 6.92 Å². The van der Waals surface area contributed by atoms with Crippen LogP contribution in [0.1, 0.15) is 84.0 Å². The molecule has 0 amide bonds. The zero-order valence-corrected chi connectivity index (χ0v) is 18.2. The van der Waals surface area contributed by atoms with E-state index < -0.39 is 12.6 Å². The summed E-state index contributed by atoms with van der Waals surface area (Å²) < 4.78 is 5.46. The Balaban J connectivity index is 1.47. The minimum absolute atomic E-state index is 0.0604. The van der Waals surface area contributed by atoms with Crippen LogP contribution in [0.5, 0.6) is 0 Å². The average Bonchev–Trinajstić information content (AvgIpc) is 2.75. The molecule has 1 aliphatic heterocycles. The first-order valence-corrected chi connectivity index (χ1v) is 12.1. The van der Waals surface area contributed by atoms with Gasteiger partial charge in [0.05, 0.1) is 18.4 Å². The fourth-order valence-corrected chi connectivity index (χ4v) is 5.42. The molecule has 7 nitrogen and oxygen atoms in total. The summed E-state index contributed by atoms with van der Waals surface area (Å²) in [5, 5.41) is 34.9. The molecule has 3 fully saturated rings. The van der Waals surface area contributed by atoms with Crippen molar-refractivity contribution >= 4 is 0 Å². The van der Waals surface area contributed by atoms with Crippen molar-refractivity contribution in [3.63, 3.8) is 0 Å². The Morgan fingerprint density at radius 3 is 2.34 bits per heavy atom. The second kappa shape index (κ2) is 12.5. The molecular weight excluding hydrogens is 368 g/mol. The Hall–Kier alpha value is -0.280. The molecule has 0 aromatic heterocycles. The number of hydrogen-bond acceptors (Lipinski definition) is 7. The minimum Gasteiger partial charge on any atom is -0.367 e. The van der Waals surface area contributed by atoms with Crippen LogP contribution in [0.4, 0.5) is 0 Å². The minimum atomic E-state index is -0.894. The van der Waals surface area contributed by atoms with Crippen molar-refractivity contribution in [2.45, 2.75) is 115 Å². The van der Waals surface area contributed by atoms with Crippen LogP contribution < -0.4 is 21.3 Å². The number of nitrogens with one attached hydrogen (secondary N) is 4. The van der Waals surface area contributed by atoms with E-state index in [-0.39, 0.29) is 12.2 Å². The predicted molar refractivity (Wildman–Crippen MR) is 115 cm³/mol. The Labute approximate surface area is 176 Å². The van der Waals surface area contributed by atoms with Crippen LogP contribution in [0.2, 0.25) is 0 Å². The van der Waals surface area contributed by atoms with Gasteiger partial charge in [0, 0.05) is 6.61 Å². The largest absolute Gasteiger partial charge is 0.367 e. The van der Waals surface area contributed by atoms with Gasteiger partial charge in [-0.15, -0.1) is 0 Å². The molecule has 6 N–H and O–H groups in total. The molecule has 5 unspecified atom stereocenters. The summed E-state index contributed by atoms with van der Waals surface area (Å²) in [5.74, 6) is 1.27. The van der Waals surface area contributed by atoms with E-state index in [0.717, 1.165) is 19.4 Å². The molecule has 7 heteroatoms. The van der Waals surface area contributed by atoms with Gasteiger partial charge in [-0.1, -0.05) is 51.4 Å². The molecule has 0 bridgehead atoms. The average molecular weight is 413 g/mol. The highest BCUT2D eigenvalue weighted by Crippen LogP contribution is 2.28. The van der Waals surface area contributed by atoms with Gasteiger partial charge in [-0.2, -0.15) is 0 Å². The molecule has 2 saturated carbocycles. The fourth-order valence-electron chi connectivity index (χ4n) is 5.42. The normalized spacial score (nSPS) is 30.7. The summed E-state index contributed by atoms with van der Waals surface area (Å²) in [7, 11) is 0. The van der Waals surface area contributed by atoms with Gasteiger partial charge in [0.15, 0.2) is 12.6 Å². The van der Waals surface area contributed by atoms with Gasteiger partial charge < -0.3 is 20.3 Å². The summed E-state index contributed by atoms with van der Waals surface area (Å²) >= 11 is 0. The molecule has 2 aliphatic carbocycles. The van der Waals surface area contributed by atoms with E-state index >= 15 is 0 Å². The topological polar surface area (TPSA) is 97.8 Å². The fraction of sp³-hybridized carbons (Fsp3) is 1.00.